The van der Waals surface area contributed by atoms with Gasteiger partial charge in [-0.3, -0.25) is 14.9 Å². The van der Waals surface area contributed by atoms with Gasteiger partial charge in [-0.2, -0.15) is 5.10 Å². The summed E-state index contributed by atoms with van der Waals surface area (Å²) in [6.45, 7) is 0.460. The minimum absolute atomic E-state index is 0.225. The van der Waals surface area contributed by atoms with Crippen LogP contribution < -0.4 is 10.1 Å². The monoisotopic (exact) mass is 388 g/mol. The van der Waals surface area contributed by atoms with Crippen LogP contribution in [0, 0.1) is 11.8 Å². The Hall–Kier alpha value is -3.63. The summed E-state index contributed by atoms with van der Waals surface area (Å²) in [6, 6.07) is 15.3. The molecule has 6 nitrogen and oxygen atoms in total. The number of rotatable bonds is 5. The average Bonchev–Trinajstić information content (AvgIpc) is 3.42. The van der Waals surface area contributed by atoms with Gasteiger partial charge < -0.3 is 10.1 Å². The van der Waals surface area contributed by atoms with E-state index in [4.69, 9.17) is 4.74 Å². The van der Waals surface area contributed by atoms with E-state index in [9.17, 15) is 4.79 Å². The van der Waals surface area contributed by atoms with Crippen LogP contribution in [-0.4, -0.2) is 34.2 Å². The van der Waals surface area contributed by atoms with Crippen LogP contribution in [0.2, 0.25) is 0 Å². The highest BCUT2D eigenvalue weighted by molar-refractivity contribution is 7.13. The van der Waals surface area contributed by atoms with E-state index in [1.807, 2.05) is 47.8 Å². The van der Waals surface area contributed by atoms with Crippen LogP contribution >= 0.6 is 11.3 Å². The predicted octanol–water partition coefficient (Wildman–Crippen LogP) is 3.50. The summed E-state index contributed by atoms with van der Waals surface area (Å²) < 4.78 is 5.61. The molecule has 0 aliphatic heterocycles. The van der Waals surface area contributed by atoms with Crippen molar-refractivity contribution in [1.29, 1.82) is 0 Å². The topological polar surface area (TPSA) is 79.9 Å². The summed E-state index contributed by atoms with van der Waals surface area (Å²) >= 11 is 1.58. The van der Waals surface area contributed by atoms with Crippen molar-refractivity contribution < 1.29 is 9.53 Å². The maximum atomic E-state index is 12.1. The van der Waals surface area contributed by atoms with E-state index in [0.29, 0.717) is 11.4 Å². The fraction of sp³-hybridized carbons (Fsp3) is 0.0952. The summed E-state index contributed by atoms with van der Waals surface area (Å²) in [4.78, 5) is 17.4. The van der Waals surface area contributed by atoms with E-state index < -0.39 is 0 Å². The lowest BCUT2D eigenvalue weighted by Crippen LogP contribution is -2.24. The number of carbonyl (C=O) groups is 1. The van der Waals surface area contributed by atoms with E-state index in [-0.39, 0.29) is 19.1 Å². The number of nitrogens with zero attached hydrogens (tertiary/aromatic N) is 2. The van der Waals surface area contributed by atoms with Crippen molar-refractivity contribution in [2.45, 2.75) is 0 Å². The fourth-order valence-electron chi connectivity index (χ4n) is 2.58. The Morgan fingerprint density at radius 1 is 1.18 bits per heavy atom. The molecule has 0 saturated heterocycles. The predicted molar refractivity (Wildman–Crippen MR) is 109 cm³/mol. The molecule has 0 atom stereocenters. The van der Waals surface area contributed by atoms with E-state index >= 15 is 0 Å². The van der Waals surface area contributed by atoms with Crippen molar-refractivity contribution >= 4 is 28.1 Å². The second-order valence-electron chi connectivity index (χ2n) is 5.83. The molecule has 0 aliphatic carbocycles. The average molecular weight is 388 g/mol. The third-order valence-electron chi connectivity index (χ3n) is 3.95. The molecule has 0 spiro atoms. The van der Waals surface area contributed by atoms with Crippen LogP contribution in [-0.2, 0) is 0 Å². The first-order valence-corrected chi connectivity index (χ1v) is 9.48. The molecule has 1 aromatic carbocycles. The van der Waals surface area contributed by atoms with Gasteiger partial charge in [-0.15, -0.1) is 11.3 Å². The Labute approximate surface area is 165 Å². The molecule has 3 aromatic heterocycles. The van der Waals surface area contributed by atoms with Gasteiger partial charge in [-0.05, 0) is 35.7 Å². The van der Waals surface area contributed by atoms with Gasteiger partial charge in [0.25, 0.3) is 5.91 Å². The minimum atomic E-state index is -0.269. The second kappa shape index (κ2) is 8.37. The number of H-pyrrole nitrogens is 1. The molecular weight excluding hydrogens is 372 g/mol. The van der Waals surface area contributed by atoms with Crippen LogP contribution in [0.1, 0.15) is 10.5 Å². The molecule has 2 N–H and O–H groups in total. The first kappa shape index (κ1) is 17.8. The van der Waals surface area contributed by atoms with Crippen LogP contribution in [0.5, 0.6) is 5.75 Å². The first-order chi connectivity index (χ1) is 13.8. The van der Waals surface area contributed by atoms with E-state index in [1.54, 1.807) is 23.6 Å². The number of thiophene rings is 1. The molecule has 28 heavy (non-hydrogen) atoms. The number of ether oxygens (including phenoxy) is 1. The highest BCUT2D eigenvalue weighted by Crippen LogP contribution is 2.22. The Bertz CT molecular complexity index is 1160. The molecule has 0 aliphatic rings. The van der Waals surface area contributed by atoms with E-state index in [2.05, 4.69) is 32.3 Å². The number of benzene rings is 1. The van der Waals surface area contributed by atoms with Gasteiger partial charge in [0.1, 0.15) is 12.4 Å². The van der Waals surface area contributed by atoms with Gasteiger partial charge >= 0.3 is 0 Å². The minimum Gasteiger partial charge on any atom is -0.481 e. The second-order valence-corrected chi connectivity index (χ2v) is 6.77. The number of hydrogen-bond acceptors (Lipinski definition) is 5. The van der Waals surface area contributed by atoms with Gasteiger partial charge in [0, 0.05) is 17.6 Å². The standard InChI is InChI=1S/C21H16N4O2S/c26-21(19-14-18(24-25-19)20-6-4-12-28-20)23-9-1-2-11-27-16-8-7-15-5-3-10-22-17(15)13-16/h3-8,10,12-14H,9,11H2,(H,23,26)(H,24,25). The van der Waals surface area contributed by atoms with Gasteiger partial charge in [0.05, 0.1) is 22.6 Å². The molecule has 0 fully saturated rings. The van der Waals surface area contributed by atoms with Crippen molar-refractivity contribution in [2.24, 2.45) is 0 Å². The Balaban J connectivity index is 1.25. The molecule has 0 saturated carbocycles. The lowest BCUT2D eigenvalue weighted by molar-refractivity contribution is 0.0953. The molecule has 4 aromatic rings. The van der Waals surface area contributed by atoms with Crippen LogP contribution in [0.3, 0.4) is 0 Å². The molecule has 0 unspecified atom stereocenters. The van der Waals surface area contributed by atoms with Crippen LogP contribution in [0.15, 0.2) is 60.1 Å². The van der Waals surface area contributed by atoms with E-state index in [0.717, 1.165) is 21.5 Å². The Morgan fingerprint density at radius 2 is 2.14 bits per heavy atom. The molecule has 7 heteroatoms. The number of aromatic amines is 1. The van der Waals surface area contributed by atoms with Crippen LogP contribution in [0.4, 0.5) is 0 Å². The summed E-state index contributed by atoms with van der Waals surface area (Å²) in [5.41, 5.74) is 2.04. The van der Waals surface area contributed by atoms with Gasteiger partial charge in [0.15, 0.2) is 5.69 Å². The summed E-state index contributed by atoms with van der Waals surface area (Å²) in [7, 11) is 0. The van der Waals surface area contributed by atoms with Crippen molar-refractivity contribution in [3.05, 3.63) is 65.8 Å². The zero-order valence-corrected chi connectivity index (χ0v) is 15.6. The largest absolute Gasteiger partial charge is 0.481 e. The van der Waals surface area contributed by atoms with Gasteiger partial charge in [-0.1, -0.05) is 24.0 Å². The van der Waals surface area contributed by atoms with Crippen molar-refractivity contribution in [3.8, 4) is 28.2 Å². The summed E-state index contributed by atoms with van der Waals surface area (Å²) in [6.07, 6.45) is 1.75. The fourth-order valence-corrected chi connectivity index (χ4v) is 3.27. The normalized spacial score (nSPS) is 10.3. The Morgan fingerprint density at radius 3 is 3.04 bits per heavy atom. The number of carbonyl (C=O) groups excluding carboxylic acids is 1. The number of hydrogen-bond donors (Lipinski definition) is 2. The molecule has 0 radical (unpaired) electrons. The first-order valence-electron chi connectivity index (χ1n) is 8.60. The molecule has 3 heterocycles. The van der Waals surface area contributed by atoms with Crippen LogP contribution in [0.25, 0.3) is 21.5 Å². The van der Waals surface area contributed by atoms with Crippen molar-refractivity contribution in [2.75, 3.05) is 13.2 Å². The molecule has 1 amide bonds. The molecule has 4 rings (SSSR count). The third-order valence-corrected chi connectivity index (χ3v) is 4.85. The number of amides is 1. The SMILES string of the molecule is O=C(NCC#CCOc1ccc2cccnc2c1)c1cc(-c2cccs2)[nH]n1. The lowest BCUT2D eigenvalue weighted by Gasteiger charge is -2.03. The number of nitrogens with one attached hydrogen (secondary N) is 2. The molecule has 138 valence electrons. The quantitative estimate of drug-likeness (QED) is 0.513. The Kier molecular flexibility index (Phi) is 5.31. The molecule has 0 bridgehead atoms. The molecular formula is C21H16N4O2S. The summed E-state index contributed by atoms with van der Waals surface area (Å²) in [5.74, 6) is 6.19. The summed E-state index contributed by atoms with van der Waals surface area (Å²) in [5, 5.41) is 12.7. The third kappa shape index (κ3) is 4.19. The van der Waals surface area contributed by atoms with Crippen molar-refractivity contribution in [3.63, 3.8) is 0 Å². The zero-order valence-electron chi connectivity index (χ0n) is 14.8. The van der Waals surface area contributed by atoms with E-state index in [1.165, 1.54) is 0 Å². The lowest BCUT2D eigenvalue weighted by atomic mass is 10.2. The highest BCUT2D eigenvalue weighted by Gasteiger charge is 2.10. The number of fused-ring (bicyclic) bond motifs is 1. The maximum absolute atomic E-state index is 12.1. The number of aromatic nitrogens is 3. The zero-order chi connectivity index (χ0) is 19.2. The van der Waals surface area contributed by atoms with Crippen molar-refractivity contribution in [1.82, 2.24) is 20.5 Å². The van der Waals surface area contributed by atoms with Gasteiger partial charge in [-0.25, -0.2) is 0 Å². The smallest absolute Gasteiger partial charge is 0.272 e. The maximum Gasteiger partial charge on any atom is 0.272 e. The van der Waals surface area contributed by atoms with Gasteiger partial charge in [0.2, 0.25) is 0 Å². The highest BCUT2D eigenvalue weighted by atomic mass is 32.1. The number of pyridine rings is 1.